The van der Waals surface area contributed by atoms with Crippen molar-refractivity contribution in [2.24, 2.45) is 0 Å². The Bertz CT molecular complexity index is 937. The lowest BCUT2D eigenvalue weighted by Crippen LogP contribution is -2.31. The van der Waals surface area contributed by atoms with Gasteiger partial charge >= 0.3 is 0 Å². The van der Waals surface area contributed by atoms with Crippen LogP contribution in [-0.4, -0.2) is 46.0 Å². The second-order valence-corrected chi connectivity index (χ2v) is 9.78. The fourth-order valence-corrected chi connectivity index (χ4v) is 5.93. The van der Waals surface area contributed by atoms with Crippen LogP contribution in [0.3, 0.4) is 0 Å². The average Bonchev–Trinajstić information content (AvgIpc) is 2.82. The molecule has 2 heterocycles. The van der Waals surface area contributed by atoms with Gasteiger partial charge in [-0.05, 0) is 68.8 Å². The number of likely N-dealkylation sites (N-methyl/N-ethyl adjacent to an activating group) is 1. The predicted molar refractivity (Wildman–Crippen MR) is 109 cm³/mol. The normalized spacial score (nSPS) is 23.0. The summed E-state index contributed by atoms with van der Waals surface area (Å²) in [7, 11) is -1.33. The Balaban J connectivity index is 1.72. The molecule has 0 spiro atoms. The molecule has 0 aliphatic carbocycles. The molecule has 2 aliphatic heterocycles. The van der Waals surface area contributed by atoms with Gasteiger partial charge in [-0.25, -0.2) is 8.42 Å². The standard InChI is InChI=1S/C22H28N2O2S/c1-4-24-13-11-19-20-15-18(9-10-21(20)23(3)22(19)12-14-24)27(25,26)17-7-5-16(2)6-8-17/h5-10,15,19,22H,4,11-14H2,1-3H3/t19-,22-/m1/s1. The Morgan fingerprint density at radius 2 is 1.67 bits per heavy atom. The fraction of sp³-hybridized carbons (Fsp3) is 0.455. The van der Waals surface area contributed by atoms with Crippen LogP contribution >= 0.6 is 0 Å². The number of aryl methyl sites for hydroxylation is 1. The maximum atomic E-state index is 13.1. The van der Waals surface area contributed by atoms with E-state index in [1.807, 2.05) is 31.2 Å². The number of anilines is 1. The van der Waals surface area contributed by atoms with E-state index in [2.05, 4.69) is 23.8 Å². The molecule has 144 valence electrons. The van der Waals surface area contributed by atoms with Gasteiger partial charge in [-0.2, -0.15) is 0 Å². The van der Waals surface area contributed by atoms with Crippen LogP contribution in [0.1, 0.15) is 36.8 Å². The van der Waals surface area contributed by atoms with Crippen LogP contribution in [0.5, 0.6) is 0 Å². The molecule has 0 saturated carbocycles. The molecular weight excluding hydrogens is 356 g/mol. The topological polar surface area (TPSA) is 40.6 Å². The van der Waals surface area contributed by atoms with Gasteiger partial charge in [0.2, 0.25) is 9.84 Å². The molecule has 2 aromatic rings. The van der Waals surface area contributed by atoms with E-state index < -0.39 is 9.84 Å². The number of hydrogen-bond donors (Lipinski definition) is 0. The van der Waals surface area contributed by atoms with Crippen LogP contribution in [0.4, 0.5) is 5.69 Å². The smallest absolute Gasteiger partial charge is 0.206 e. The molecule has 0 N–H and O–H groups in total. The summed E-state index contributed by atoms with van der Waals surface area (Å²) in [5, 5.41) is 0. The van der Waals surface area contributed by atoms with E-state index in [0.717, 1.165) is 38.0 Å². The molecule has 0 bridgehead atoms. The third-order valence-corrected chi connectivity index (χ3v) is 8.09. The average molecular weight is 385 g/mol. The minimum atomic E-state index is -3.49. The van der Waals surface area contributed by atoms with Gasteiger partial charge in [-0.15, -0.1) is 0 Å². The summed E-state index contributed by atoms with van der Waals surface area (Å²) < 4.78 is 26.3. The van der Waals surface area contributed by atoms with E-state index in [1.165, 1.54) is 11.3 Å². The van der Waals surface area contributed by atoms with E-state index in [0.29, 0.717) is 21.8 Å². The van der Waals surface area contributed by atoms with Gasteiger partial charge in [0.05, 0.1) is 9.79 Å². The minimum Gasteiger partial charge on any atom is -0.371 e. The molecule has 0 aromatic heterocycles. The zero-order valence-corrected chi connectivity index (χ0v) is 17.2. The first-order valence-electron chi connectivity index (χ1n) is 9.82. The minimum absolute atomic E-state index is 0.369. The van der Waals surface area contributed by atoms with Crippen molar-refractivity contribution in [1.29, 1.82) is 0 Å². The third-order valence-electron chi connectivity index (χ3n) is 6.33. The SMILES string of the molecule is CCN1CC[C@@H]2c3cc(S(=O)(=O)c4ccc(C)cc4)ccc3N(C)[C@@H]2CC1. The summed E-state index contributed by atoms with van der Waals surface area (Å²) in [5.41, 5.74) is 3.46. The molecule has 2 aliphatic rings. The molecule has 27 heavy (non-hydrogen) atoms. The lowest BCUT2D eigenvalue weighted by atomic mass is 9.91. The van der Waals surface area contributed by atoms with Crippen molar-refractivity contribution < 1.29 is 8.42 Å². The highest BCUT2D eigenvalue weighted by molar-refractivity contribution is 7.91. The first kappa shape index (κ1) is 18.5. The molecule has 4 nitrogen and oxygen atoms in total. The number of rotatable bonds is 3. The number of nitrogens with zero attached hydrogens (tertiary/aromatic N) is 2. The highest BCUT2D eigenvalue weighted by Gasteiger charge is 2.38. The Hall–Kier alpha value is -1.85. The second kappa shape index (κ2) is 6.95. The molecular formula is C22H28N2O2S. The quantitative estimate of drug-likeness (QED) is 0.806. The van der Waals surface area contributed by atoms with E-state index >= 15 is 0 Å². The molecule has 1 saturated heterocycles. The van der Waals surface area contributed by atoms with Crippen molar-refractivity contribution in [2.45, 2.75) is 48.4 Å². The van der Waals surface area contributed by atoms with Crippen LogP contribution in [-0.2, 0) is 9.84 Å². The second-order valence-electron chi connectivity index (χ2n) is 7.83. The van der Waals surface area contributed by atoms with Crippen molar-refractivity contribution in [3.8, 4) is 0 Å². The fourth-order valence-electron chi connectivity index (χ4n) is 4.63. The summed E-state index contributed by atoms with van der Waals surface area (Å²) in [5.74, 6) is 0.412. The van der Waals surface area contributed by atoms with E-state index in [4.69, 9.17) is 0 Å². The van der Waals surface area contributed by atoms with Crippen molar-refractivity contribution >= 4 is 15.5 Å². The zero-order chi connectivity index (χ0) is 19.2. The molecule has 4 rings (SSSR count). The van der Waals surface area contributed by atoms with Gasteiger partial charge in [0.15, 0.2) is 0 Å². The van der Waals surface area contributed by atoms with Crippen molar-refractivity contribution in [3.05, 3.63) is 53.6 Å². The highest BCUT2D eigenvalue weighted by Crippen LogP contribution is 2.45. The third kappa shape index (κ3) is 3.17. The van der Waals surface area contributed by atoms with Gasteiger partial charge < -0.3 is 9.80 Å². The number of likely N-dealkylation sites (tertiary alicyclic amines) is 1. The Morgan fingerprint density at radius 1 is 1.00 bits per heavy atom. The lowest BCUT2D eigenvalue weighted by molar-refractivity contribution is 0.298. The number of benzene rings is 2. The van der Waals surface area contributed by atoms with Crippen molar-refractivity contribution in [2.75, 3.05) is 31.6 Å². The number of sulfone groups is 1. The summed E-state index contributed by atoms with van der Waals surface area (Å²) in [6.07, 6.45) is 2.22. The molecule has 0 amide bonds. The van der Waals surface area contributed by atoms with Gasteiger partial charge in [-0.3, -0.25) is 0 Å². The molecule has 5 heteroatoms. The predicted octanol–water partition coefficient (Wildman–Crippen LogP) is 3.85. The monoisotopic (exact) mass is 384 g/mol. The Kier molecular flexibility index (Phi) is 4.77. The van der Waals surface area contributed by atoms with Crippen LogP contribution in [0, 0.1) is 6.92 Å². The van der Waals surface area contributed by atoms with Crippen molar-refractivity contribution in [3.63, 3.8) is 0 Å². The Labute approximate surface area is 162 Å². The first-order valence-corrected chi connectivity index (χ1v) is 11.3. The van der Waals surface area contributed by atoms with Crippen LogP contribution in [0.25, 0.3) is 0 Å². The summed E-state index contributed by atoms with van der Waals surface area (Å²) >= 11 is 0. The van der Waals surface area contributed by atoms with Crippen LogP contribution in [0.2, 0.25) is 0 Å². The van der Waals surface area contributed by atoms with E-state index in [1.54, 1.807) is 18.2 Å². The molecule has 2 aromatic carbocycles. The molecule has 2 atom stereocenters. The lowest BCUT2D eigenvalue weighted by Gasteiger charge is -2.25. The highest BCUT2D eigenvalue weighted by atomic mass is 32.2. The van der Waals surface area contributed by atoms with Crippen molar-refractivity contribution in [1.82, 2.24) is 4.90 Å². The van der Waals surface area contributed by atoms with E-state index in [9.17, 15) is 8.42 Å². The van der Waals surface area contributed by atoms with E-state index in [-0.39, 0.29) is 0 Å². The van der Waals surface area contributed by atoms with Crippen LogP contribution in [0.15, 0.2) is 52.3 Å². The maximum absolute atomic E-state index is 13.1. The Morgan fingerprint density at radius 3 is 2.37 bits per heavy atom. The van der Waals surface area contributed by atoms with Crippen LogP contribution < -0.4 is 4.90 Å². The van der Waals surface area contributed by atoms with Gasteiger partial charge in [0, 0.05) is 31.2 Å². The number of hydrogen-bond acceptors (Lipinski definition) is 4. The largest absolute Gasteiger partial charge is 0.371 e. The summed E-state index contributed by atoms with van der Waals surface area (Å²) in [4.78, 5) is 5.64. The first-order chi connectivity index (χ1) is 12.9. The molecule has 0 unspecified atom stereocenters. The zero-order valence-electron chi connectivity index (χ0n) is 16.4. The summed E-state index contributed by atoms with van der Waals surface area (Å²) in [6.45, 7) is 7.46. The summed E-state index contributed by atoms with van der Waals surface area (Å²) in [6, 6.07) is 13.3. The van der Waals surface area contributed by atoms with Gasteiger partial charge in [-0.1, -0.05) is 24.6 Å². The molecule has 0 radical (unpaired) electrons. The van der Waals surface area contributed by atoms with Gasteiger partial charge in [0.25, 0.3) is 0 Å². The number of fused-ring (bicyclic) bond motifs is 3. The maximum Gasteiger partial charge on any atom is 0.206 e. The van der Waals surface area contributed by atoms with Gasteiger partial charge in [0.1, 0.15) is 0 Å². The molecule has 1 fully saturated rings.